The highest BCUT2D eigenvalue weighted by Crippen LogP contribution is 2.20. The number of hydrogen-bond acceptors (Lipinski definition) is 6. The Morgan fingerprint density at radius 1 is 1.42 bits per heavy atom. The molecular weight excluding hydrogens is 319 g/mol. The molecule has 1 fully saturated rings. The number of hydrogen-bond donors (Lipinski definition) is 0. The lowest BCUT2D eigenvalue weighted by Gasteiger charge is -2.14. The maximum atomic E-state index is 13.6. The summed E-state index contributed by atoms with van der Waals surface area (Å²) < 4.78 is 30.5. The number of esters is 1. The van der Waals surface area contributed by atoms with Gasteiger partial charge in [0.1, 0.15) is 6.61 Å². The number of halogens is 1. The van der Waals surface area contributed by atoms with Crippen LogP contribution in [0.2, 0.25) is 0 Å². The normalized spacial score (nSPS) is 20.1. The van der Waals surface area contributed by atoms with Crippen LogP contribution in [-0.2, 0) is 14.2 Å². The molecule has 7 nitrogen and oxygen atoms in total. The maximum absolute atomic E-state index is 13.6. The van der Waals surface area contributed by atoms with Gasteiger partial charge in [0.25, 0.3) is 0 Å². The summed E-state index contributed by atoms with van der Waals surface area (Å²) in [6.45, 7) is 1.29. The molecule has 2 heterocycles. The second-order valence-electron chi connectivity index (χ2n) is 5.18. The molecule has 8 heteroatoms. The monoisotopic (exact) mass is 334 g/mol. The van der Waals surface area contributed by atoms with Crippen molar-refractivity contribution in [2.24, 2.45) is 0 Å². The topological polar surface area (TPSA) is 79.7 Å². The fraction of sp³-hybridized carbons (Fsp3) is 0.312. The lowest BCUT2D eigenvalue weighted by molar-refractivity contribution is -0.103. The zero-order valence-corrected chi connectivity index (χ0v) is 12.8. The summed E-state index contributed by atoms with van der Waals surface area (Å²) in [5, 5.41) is 0. The number of aromatic nitrogens is 2. The number of ether oxygens (including phenoxy) is 3. The second-order valence-corrected chi connectivity index (χ2v) is 5.18. The molecule has 2 aromatic rings. The molecule has 1 aliphatic rings. The van der Waals surface area contributed by atoms with E-state index in [0.717, 1.165) is 10.8 Å². The molecule has 0 unspecified atom stereocenters. The summed E-state index contributed by atoms with van der Waals surface area (Å²) in [6, 6.07) is 8.49. The van der Waals surface area contributed by atoms with Crippen molar-refractivity contribution in [1.82, 2.24) is 9.55 Å². The average Bonchev–Trinajstić information content (AvgIpc) is 3.05. The van der Waals surface area contributed by atoms with Crippen LogP contribution in [0.4, 0.5) is 4.39 Å². The fourth-order valence-corrected chi connectivity index (χ4v) is 2.21. The van der Waals surface area contributed by atoms with Gasteiger partial charge in [0.2, 0.25) is 0 Å². The third-order valence-corrected chi connectivity index (χ3v) is 3.49. The standard InChI is InChI=1S/C16H15FN2O5/c1-10-12(17)7-19(16(21)18-10)13-8-22-14(24-13)9-23-15(20)11-5-3-2-4-6-11/h2-7,13-14H,8-9H2,1H3/t13-,14+/m1/s1. The molecule has 126 valence electrons. The van der Waals surface area contributed by atoms with Crippen LogP contribution in [0.15, 0.2) is 41.3 Å². The Kier molecular flexibility index (Phi) is 4.68. The zero-order valence-electron chi connectivity index (χ0n) is 12.8. The highest BCUT2D eigenvalue weighted by Gasteiger charge is 2.29. The molecule has 3 rings (SSSR count). The van der Waals surface area contributed by atoms with E-state index in [4.69, 9.17) is 14.2 Å². The molecule has 2 atom stereocenters. The molecule has 1 aromatic heterocycles. The predicted molar refractivity (Wildman–Crippen MR) is 79.8 cm³/mol. The first-order valence-electron chi connectivity index (χ1n) is 7.29. The molecule has 1 aliphatic heterocycles. The van der Waals surface area contributed by atoms with Crippen LogP contribution in [0.1, 0.15) is 22.3 Å². The Bertz CT molecular complexity index is 793. The van der Waals surface area contributed by atoms with Gasteiger partial charge < -0.3 is 14.2 Å². The van der Waals surface area contributed by atoms with Gasteiger partial charge in [-0.05, 0) is 19.1 Å². The molecule has 0 saturated carbocycles. The van der Waals surface area contributed by atoms with Crippen molar-refractivity contribution in [3.63, 3.8) is 0 Å². The van der Waals surface area contributed by atoms with Gasteiger partial charge in [-0.1, -0.05) is 18.2 Å². The third kappa shape index (κ3) is 3.50. The van der Waals surface area contributed by atoms with Gasteiger partial charge in [-0.15, -0.1) is 0 Å². The number of benzene rings is 1. The van der Waals surface area contributed by atoms with E-state index in [9.17, 15) is 14.0 Å². The van der Waals surface area contributed by atoms with Gasteiger partial charge in [0, 0.05) is 6.20 Å². The number of aryl methyl sites for hydroxylation is 1. The lowest BCUT2D eigenvalue weighted by atomic mass is 10.2. The van der Waals surface area contributed by atoms with Crippen LogP contribution in [0, 0.1) is 12.7 Å². The van der Waals surface area contributed by atoms with Gasteiger partial charge in [0.15, 0.2) is 18.3 Å². The van der Waals surface area contributed by atoms with Gasteiger partial charge in [-0.3, -0.25) is 4.57 Å². The van der Waals surface area contributed by atoms with Crippen molar-refractivity contribution < 1.29 is 23.4 Å². The third-order valence-electron chi connectivity index (χ3n) is 3.49. The van der Waals surface area contributed by atoms with Crippen molar-refractivity contribution >= 4 is 5.97 Å². The number of carbonyl (C=O) groups excluding carboxylic acids is 1. The van der Waals surface area contributed by atoms with Crippen LogP contribution in [0.5, 0.6) is 0 Å². The minimum absolute atomic E-state index is 0.0171. The van der Waals surface area contributed by atoms with Crippen molar-refractivity contribution in [1.29, 1.82) is 0 Å². The minimum Gasteiger partial charge on any atom is -0.457 e. The molecule has 1 saturated heterocycles. The molecule has 0 bridgehead atoms. The molecule has 24 heavy (non-hydrogen) atoms. The summed E-state index contributed by atoms with van der Waals surface area (Å²) in [5.74, 6) is -1.12. The highest BCUT2D eigenvalue weighted by atomic mass is 19.1. The van der Waals surface area contributed by atoms with E-state index in [2.05, 4.69) is 4.98 Å². The van der Waals surface area contributed by atoms with Crippen LogP contribution in [-0.4, -0.2) is 35.0 Å². The summed E-state index contributed by atoms with van der Waals surface area (Å²) in [6.07, 6.45) is -0.628. The smallest absolute Gasteiger partial charge is 0.350 e. The van der Waals surface area contributed by atoms with Gasteiger partial charge in [0.05, 0.1) is 17.9 Å². The van der Waals surface area contributed by atoms with Crippen LogP contribution >= 0.6 is 0 Å². The average molecular weight is 334 g/mol. The Morgan fingerprint density at radius 3 is 2.92 bits per heavy atom. The number of rotatable bonds is 4. The van der Waals surface area contributed by atoms with E-state index in [-0.39, 0.29) is 18.9 Å². The van der Waals surface area contributed by atoms with E-state index in [1.807, 2.05) is 0 Å². The largest absolute Gasteiger partial charge is 0.457 e. The van der Waals surface area contributed by atoms with E-state index >= 15 is 0 Å². The first-order chi connectivity index (χ1) is 11.5. The molecule has 0 amide bonds. The SMILES string of the molecule is Cc1nc(=O)n([C@H]2CO[C@H](COC(=O)c3ccccc3)O2)cc1F. The molecule has 0 spiro atoms. The summed E-state index contributed by atoms with van der Waals surface area (Å²) in [7, 11) is 0. The molecule has 0 N–H and O–H groups in total. The van der Waals surface area contributed by atoms with Crippen molar-refractivity contribution in [3.05, 3.63) is 64.1 Å². The van der Waals surface area contributed by atoms with Gasteiger partial charge in [-0.25, -0.2) is 14.0 Å². The Labute approximate surface area is 136 Å². The summed E-state index contributed by atoms with van der Waals surface area (Å²) in [4.78, 5) is 27.2. The lowest BCUT2D eigenvalue weighted by Crippen LogP contribution is -2.30. The van der Waals surface area contributed by atoms with E-state index in [1.54, 1.807) is 30.3 Å². The van der Waals surface area contributed by atoms with E-state index in [1.165, 1.54) is 6.92 Å². The van der Waals surface area contributed by atoms with Gasteiger partial charge >= 0.3 is 11.7 Å². The molecular formula is C16H15FN2O5. The first kappa shape index (κ1) is 16.3. The predicted octanol–water partition coefficient (Wildman–Crippen LogP) is 1.42. The van der Waals surface area contributed by atoms with Crippen molar-refractivity contribution in [3.8, 4) is 0 Å². The quantitative estimate of drug-likeness (QED) is 0.787. The van der Waals surface area contributed by atoms with E-state index in [0.29, 0.717) is 5.56 Å². The molecule has 0 radical (unpaired) electrons. The summed E-state index contributed by atoms with van der Waals surface area (Å²) in [5.41, 5.74) is -0.207. The van der Waals surface area contributed by atoms with E-state index < -0.39 is 30.0 Å². The minimum atomic E-state index is -0.834. The zero-order chi connectivity index (χ0) is 17.1. The van der Waals surface area contributed by atoms with Crippen LogP contribution < -0.4 is 5.69 Å². The fourth-order valence-electron chi connectivity index (χ4n) is 2.21. The Morgan fingerprint density at radius 2 is 2.17 bits per heavy atom. The second kappa shape index (κ2) is 6.90. The summed E-state index contributed by atoms with van der Waals surface area (Å²) >= 11 is 0. The Balaban J connectivity index is 1.59. The molecule has 0 aliphatic carbocycles. The number of carbonyl (C=O) groups is 1. The first-order valence-corrected chi connectivity index (χ1v) is 7.29. The maximum Gasteiger partial charge on any atom is 0.350 e. The Hall–Kier alpha value is -2.58. The van der Waals surface area contributed by atoms with Crippen LogP contribution in [0.3, 0.4) is 0 Å². The molecule has 1 aromatic carbocycles. The van der Waals surface area contributed by atoms with Crippen molar-refractivity contribution in [2.45, 2.75) is 19.4 Å². The highest BCUT2D eigenvalue weighted by molar-refractivity contribution is 5.89. The van der Waals surface area contributed by atoms with Crippen LogP contribution in [0.25, 0.3) is 0 Å². The van der Waals surface area contributed by atoms with Gasteiger partial charge in [-0.2, -0.15) is 4.98 Å². The van der Waals surface area contributed by atoms with Crippen molar-refractivity contribution in [2.75, 3.05) is 13.2 Å². The number of nitrogens with zero attached hydrogens (tertiary/aromatic N) is 2.